The van der Waals surface area contributed by atoms with Gasteiger partial charge in [0.05, 0.1) is 10.6 Å². The molecule has 0 radical (unpaired) electrons. The number of hydrogen-bond donors (Lipinski definition) is 2. The number of nitrogens with one attached hydrogen (secondary N) is 1. The molecule has 0 amide bonds. The van der Waals surface area contributed by atoms with Crippen LogP contribution >= 0.6 is 11.3 Å². The first-order valence-electron chi connectivity index (χ1n) is 9.24. The molecule has 2 heterocycles. The Morgan fingerprint density at radius 3 is 2.67 bits per heavy atom. The third-order valence-corrected chi connectivity index (χ3v) is 6.37. The summed E-state index contributed by atoms with van der Waals surface area (Å²) in [6, 6.07) is 13.5. The van der Waals surface area contributed by atoms with Gasteiger partial charge in [0.1, 0.15) is 11.3 Å². The molecule has 1 saturated carbocycles. The Hall–Kier alpha value is -2.22. The van der Waals surface area contributed by atoms with Gasteiger partial charge in [0.15, 0.2) is 0 Å². The molecule has 0 bridgehead atoms. The molecule has 7 heteroatoms. The minimum absolute atomic E-state index is 0.542. The second-order valence-corrected chi connectivity index (χ2v) is 8.50. The highest BCUT2D eigenvalue weighted by Crippen LogP contribution is 2.43. The number of para-hydroxylation sites is 1. The molecule has 1 aromatic carbocycles. The van der Waals surface area contributed by atoms with Gasteiger partial charge in [0, 0.05) is 6.42 Å². The Labute approximate surface area is 163 Å². The minimum atomic E-state index is -1.16. The van der Waals surface area contributed by atoms with E-state index in [9.17, 15) is 10.4 Å². The maximum atomic E-state index is 13.6. The lowest BCUT2D eigenvalue weighted by Crippen LogP contribution is -2.60. The van der Waals surface area contributed by atoms with E-state index >= 15 is 0 Å². The maximum Gasteiger partial charge on any atom is 0.292 e. The van der Waals surface area contributed by atoms with Crippen molar-refractivity contribution in [1.29, 1.82) is 0 Å². The van der Waals surface area contributed by atoms with Crippen LogP contribution in [0.3, 0.4) is 0 Å². The summed E-state index contributed by atoms with van der Waals surface area (Å²) >= 11 is 1.52. The van der Waals surface area contributed by atoms with Gasteiger partial charge in [-0.05, 0) is 56.7 Å². The van der Waals surface area contributed by atoms with Crippen molar-refractivity contribution in [2.45, 2.75) is 50.7 Å². The van der Waals surface area contributed by atoms with Gasteiger partial charge in [-0.15, -0.1) is 16.4 Å². The van der Waals surface area contributed by atoms with Crippen LogP contribution in [0.4, 0.5) is 5.69 Å². The van der Waals surface area contributed by atoms with Crippen LogP contribution in [0.1, 0.15) is 44.4 Å². The van der Waals surface area contributed by atoms with Crippen LogP contribution in [0.15, 0.2) is 52.9 Å². The first-order valence-corrected chi connectivity index (χ1v) is 10.1. The Morgan fingerprint density at radius 2 is 1.96 bits per heavy atom. The molecule has 1 aliphatic heterocycles. The number of benzene rings is 1. The summed E-state index contributed by atoms with van der Waals surface area (Å²) in [6.45, 7) is 3.77. The van der Waals surface area contributed by atoms with E-state index in [0.29, 0.717) is 24.3 Å². The van der Waals surface area contributed by atoms with E-state index in [2.05, 4.69) is 10.5 Å². The van der Waals surface area contributed by atoms with Crippen LogP contribution in [0.2, 0.25) is 0 Å². The molecular weight excluding hydrogens is 360 g/mol. The van der Waals surface area contributed by atoms with Crippen molar-refractivity contribution in [2.24, 2.45) is 5.10 Å². The standard InChI is InChI=1S/C20H24N4O2S/c1-19(2)18(16-11-8-14-27-16)23(25)20(24(19)26)13-7-6-12-17(20)22-21-15-9-4-3-5-10-15/h3-5,8-11,14,21,26H,6-7,12-13H2,1-2H3. The van der Waals surface area contributed by atoms with Gasteiger partial charge in [0.2, 0.25) is 5.71 Å². The van der Waals surface area contributed by atoms with Gasteiger partial charge in [-0.25, -0.2) is 0 Å². The van der Waals surface area contributed by atoms with E-state index in [1.807, 2.05) is 61.7 Å². The smallest absolute Gasteiger partial charge is 0.292 e. The molecule has 2 aromatic rings. The lowest BCUT2D eigenvalue weighted by atomic mass is 9.86. The average molecular weight is 385 g/mol. The van der Waals surface area contributed by atoms with E-state index in [1.165, 1.54) is 16.4 Å². The SMILES string of the molecule is CC1(C)C(c2cccs2)=[N+]([O-])C2(CCCCC2=NNc2ccccc2)N1O. The summed E-state index contributed by atoms with van der Waals surface area (Å²) in [5, 5.41) is 32.6. The Balaban J connectivity index is 1.80. The monoisotopic (exact) mass is 384 g/mol. The number of hydroxylamine groups is 3. The normalized spacial score (nSPS) is 26.9. The summed E-state index contributed by atoms with van der Waals surface area (Å²) < 4.78 is 1.00. The van der Waals surface area contributed by atoms with Gasteiger partial charge in [-0.3, -0.25) is 5.43 Å². The van der Waals surface area contributed by atoms with Crippen molar-refractivity contribution in [1.82, 2.24) is 5.06 Å². The fourth-order valence-corrected chi connectivity index (χ4v) is 5.05. The van der Waals surface area contributed by atoms with Crippen molar-refractivity contribution in [3.05, 3.63) is 57.9 Å². The topological polar surface area (TPSA) is 73.9 Å². The maximum absolute atomic E-state index is 13.6. The molecule has 2 N–H and O–H groups in total. The second-order valence-electron chi connectivity index (χ2n) is 7.55. The molecule has 1 unspecified atom stereocenters. The van der Waals surface area contributed by atoms with E-state index in [0.717, 1.165) is 28.1 Å². The van der Waals surface area contributed by atoms with Crippen LogP contribution in [0.5, 0.6) is 0 Å². The molecule has 27 heavy (non-hydrogen) atoms. The average Bonchev–Trinajstić information content (AvgIpc) is 3.24. The van der Waals surface area contributed by atoms with Gasteiger partial charge in [-0.2, -0.15) is 9.84 Å². The highest BCUT2D eigenvalue weighted by Gasteiger charge is 2.65. The van der Waals surface area contributed by atoms with E-state index in [4.69, 9.17) is 0 Å². The Bertz CT molecular complexity index is 877. The van der Waals surface area contributed by atoms with E-state index in [1.54, 1.807) is 0 Å². The molecule has 6 nitrogen and oxygen atoms in total. The molecule has 2 aliphatic rings. The van der Waals surface area contributed by atoms with Crippen LogP contribution in [-0.2, 0) is 0 Å². The first-order chi connectivity index (χ1) is 13.0. The molecule has 0 saturated heterocycles. The van der Waals surface area contributed by atoms with Crippen molar-refractivity contribution < 1.29 is 9.95 Å². The summed E-state index contributed by atoms with van der Waals surface area (Å²) in [4.78, 5) is 0.881. The molecular formula is C20H24N4O2S. The third-order valence-electron chi connectivity index (χ3n) is 5.50. The second kappa shape index (κ2) is 6.74. The summed E-state index contributed by atoms with van der Waals surface area (Å²) in [5.74, 6) is 0. The molecule has 142 valence electrons. The Kier molecular flexibility index (Phi) is 4.53. The van der Waals surface area contributed by atoms with Crippen molar-refractivity contribution in [2.75, 3.05) is 5.43 Å². The summed E-state index contributed by atoms with van der Waals surface area (Å²) in [7, 11) is 0. The third kappa shape index (κ3) is 2.77. The molecule has 1 fully saturated rings. The zero-order chi connectivity index (χ0) is 19.1. The zero-order valence-electron chi connectivity index (χ0n) is 15.6. The predicted molar refractivity (Wildman–Crippen MR) is 108 cm³/mol. The number of hydrazone groups is 1. The number of nitrogens with zero attached hydrogens (tertiary/aromatic N) is 3. The first kappa shape index (κ1) is 18.2. The summed E-state index contributed by atoms with van der Waals surface area (Å²) in [6.07, 6.45) is 3.03. The molecule has 1 aromatic heterocycles. The molecule has 1 spiro atoms. The van der Waals surface area contributed by atoms with E-state index in [-0.39, 0.29) is 0 Å². The molecule has 1 aliphatic carbocycles. The van der Waals surface area contributed by atoms with Crippen LogP contribution in [-0.4, -0.2) is 37.6 Å². The number of thiophene rings is 1. The van der Waals surface area contributed by atoms with Crippen LogP contribution < -0.4 is 5.43 Å². The van der Waals surface area contributed by atoms with E-state index < -0.39 is 11.2 Å². The summed E-state index contributed by atoms with van der Waals surface area (Å²) in [5.41, 5.74) is 3.21. The van der Waals surface area contributed by atoms with Gasteiger partial charge in [0.25, 0.3) is 5.66 Å². The molecule has 4 rings (SSSR count). The van der Waals surface area contributed by atoms with Crippen molar-refractivity contribution in [3.63, 3.8) is 0 Å². The van der Waals surface area contributed by atoms with Gasteiger partial charge in [-0.1, -0.05) is 24.3 Å². The lowest BCUT2D eigenvalue weighted by molar-refractivity contribution is -0.568. The number of rotatable bonds is 3. The van der Waals surface area contributed by atoms with Crippen LogP contribution in [0.25, 0.3) is 0 Å². The number of anilines is 1. The van der Waals surface area contributed by atoms with Crippen molar-refractivity contribution in [3.8, 4) is 0 Å². The van der Waals surface area contributed by atoms with Gasteiger partial charge < -0.3 is 10.4 Å². The Morgan fingerprint density at radius 1 is 1.19 bits per heavy atom. The minimum Gasteiger partial charge on any atom is -0.622 e. The fraction of sp³-hybridized carbons (Fsp3) is 0.400. The lowest BCUT2D eigenvalue weighted by Gasteiger charge is -2.38. The number of hydrogen-bond acceptors (Lipinski definition) is 6. The van der Waals surface area contributed by atoms with Crippen LogP contribution in [0, 0.1) is 5.21 Å². The molecule has 1 atom stereocenters. The fourth-order valence-electron chi connectivity index (χ4n) is 4.14. The largest absolute Gasteiger partial charge is 0.622 e. The quantitative estimate of drug-likeness (QED) is 0.471. The van der Waals surface area contributed by atoms with Crippen molar-refractivity contribution >= 4 is 28.4 Å². The van der Waals surface area contributed by atoms with Gasteiger partial charge >= 0.3 is 0 Å². The highest BCUT2D eigenvalue weighted by molar-refractivity contribution is 7.12. The predicted octanol–water partition coefficient (Wildman–Crippen LogP) is 4.27. The zero-order valence-corrected chi connectivity index (χ0v) is 16.4. The highest BCUT2D eigenvalue weighted by atomic mass is 32.1.